The van der Waals surface area contributed by atoms with Gasteiger partial charge in [0.05, 0.1) is 18.7 Å². The average Bonchev–Trinajstić information content (AvgIpc) is 2.47. The van der Waals surface area contributed by atoms with E-state index in [-0.39, 0.29) is 11.3 Å². The normalized spacial score (nSPS) is 9.65. The van der Waals surface area contributed by atoms with Crippen LogP contribution >= 0.6 is 0 Å². The van der Waals surface area contributed by atoms with E-state index in [0.29, 0.717) is 11.3 Å². The summed E-state index contributed by atoms with van der Waals surface area (Å²) in [5, 5.41) is 11.2. The van der Waals surface area contributed by atoms with Gasteiger partial charge in [0, 0.05) is 5.69 Å². The molecule has 4 nitrogen and oxygen atoms in total. The van der Waals surface area contributed by atoms with Gasteiger partial charge in [0.2, 0.25) is 0 Å². The summed E-state index contributed by atoms with van der Waals surface area (Å²) >= 11 is 0. The third-order valence-electron chi connectivity index (χ3n) is 2.69. The maximum Gasteiger partial charge on any atom is 0.262 e. The molecule has 0 aromatic heterocycles. The fraction of sp³-hybridized carbons (Fsp3) is 0.0667. The molecule has 0 fully saturated rings. The van der Waals surface area contributed by atoms with Gasteiger partial charge in [-0.3, -0.25) is 4.79 Å². The molecule has 0 heterocycles. The molecule has 0 radical (unpaired) electrons. The van der Waals surface area contributed by atoms with Gasteiger partial charge in [-0.1, -0.05) is 6.07 Å². The number of nitrogens with zero attached hydrogens (tertiary/aromatic N) is 1. The summed E-state index contributed by atoms with van der Waals surface area (Å²) in [5.74, 6) is -1.10. The van der Waals surface area contributed by atoms with Crippen LogP contribution in [0.1, 0.15) is 15.9 Å². The van der Waals surface area contributed by atoms with Gasteiger partial charge < -0.3 is 10.1 Å². The Hall–Kier alpha value is -2.87. The van der Waals surface area contributed by atoms with Crippen molar-refractivity contribution in [3.63, 3.8) is 0 Å². The van der Waals surface area contributed by atoms with E-state index in [2.05, 4.69) is 5.32 Å². The Balaban J connectivity index is 2.26. The Morgan fingerprint density at radius 1 is 1.25 bits per heavy atom. The molecule has 1 N–H and O–H groups in total. The minimum Gasteiger partial charge on any atom is -0.496 e. The second-order valence-corrected chi connectivity index (χ2v) is 3.96. The fourth-order valence-corrected chi connectivity index (χ4v) is 1.72. The third-order valence-corrected chi connectivity index (χ3v) is 2.69. The number of carbonyl (C=O) groups is 1. The minimum atomic E-state index is -0.657. The Morgan fingerprint density at radius 2 is 1.95 bits per heavy atom. The van der Waals surface area contributed by atoms with Gasteiger partial charge in [0.15, 0.2) is 0 Å². The first-order valence-electron chi connectivity index (χ1n) is 5.79. The standard InChI is InChI=1S/C15H11FN2O2/c1-20-13-4-2-3-12(16)14(13)15(19)18-11-7-5-10(9-17)6-8-11/h2-8H,1H3,(H,18,19). The van der Waals surface area contributed by atoms with E-state index >= 15 is 0 Å². The zero-order valence-corrected chi connectivity index (χ0v) is 10.7. The van der Waals surface area contributed by atoms with Crippen LogP contribution in [0.2, 0.25) is 0 Å². The van der Waals surface area contributed by atoms with Gasteiger partial charge in [0.1, 0.15) is 17.1 Å². The van der Waals surface area contributed by atoms with Gasteiger partial charge in [-0.15, -0.1) is 0 Å². The van der Waals surface area contributed by atoms with Crippen molar-refractivity contribution in [3.8, 4) is 11.8 Å². The summed E-state index contributed by atoms with van der Waals surface area (Å²) in [6, 6.07) is 12.4. The van der Waals surface area contributed by atoms with Gasteiger partial charge >= 0.3 is 0 Å². The van der Waals surface area contributed by atoms with E-state index < -0.39 is 11.7 Å². The second-order valence-electron chi connectivity index (χ2n) is 3.96. The predicted octanol–water partition coefficient (Wildman–Crippen LogP) is 2.96. The number of hydrogen-bond acceptors (Lipinski definition) is 3. The van der Waals surface area contributed by atoms with Crippen LogP contribution in [0.3, 0.4) is 0 Å². The van der Waals surface area contributed by atoms with Crippen molar-refractivity contribution in [2.24, 2.45) is 0 Å². The lowest BCUT2D eigenvalue weighted by atomic mass is 10.1. The lowest BCUT2D eigenvalue weighted by Gasteiger charge is -2.10. The number of nitrogens with one attached hydrogen (secondary N) is 1. The molecule has 0 bridgehead atoms. The van der Waals surface area contributed by atoms with Gasteiger partial charge in [-0.25, -0.2) is 4.39 Å². The number of anilines is 1. The van der Waals surface area contributed by atoms with Crippen LogP contribution in [-0.4, -0.2) is 13.0 Å². The molecule has 100 valence electrons. The molecule has 0 aliphatic rings. The Labute approximate surface area is 115 Å². The van der Waals surface area contributed by atoms with Crippen molar-refractivity contribution in [3.05, 3.63) is 59.4 Å². The number of ether oxygens (including phenoxy) is 1. The van der Waals surface area contributed by atoms with Crippen LogP contribution in [0.5, 0.6) is 5.75 Å². The van der Waals surface area contributed by atoms with Crippen molar-refractivity contribution in [2.75, 3.05) is 12.4 Å². The Bertz CT molecular complexity index is 675. The first kappa shape index (κ1) is 13.6. The highest BCUT2D eigenvalue weighted by Gasteiger charge is 2.17. The van der Waals surface area contributed by atoms with E-state index in [9.17, 15) is 9.18 Å². The third kappa shape index (κ3) is 2.75. The van der Waals surface area contributed by atoms with Crippen LogP contribution in [0.4, 0.5) is 10.1 Å². The summed E-state index contributed by atoms with van der Waals surface area (Å²) < 4.78 is 18.7. The quantitative estimate of drug-likeness (QED) is 0.932. The van der Waals surface area contributed by atoms with Crippen LogP contribution < -0.4 is 10.1 Å². The zero-order valence-electron chi connectivity index (χ0n) is 10.7. The number of methoxy groups -OCH3 is 1. The van der Waals surface area contributed by atoms with Crippen molar-refractivity contribution in [1.29, 1.82) is 5.26 Å². The zero-order chi connectivity index (χ0) is 14.5. The number of nitriles is 1. The largest absolute Gasteiger partial charge is 0.496 e. The molecule has 0 unspecified atom stereocenters. The maximum atomic E-state index is 13.7. The highest BCUT2D eigenvalue weighted by atomic mass is 19.1. The van der Waals surface area contributed by atoms with Gasteiger partial charge in [-0.2, -0.15) is 5.26 Å². The first-order valence-corrected chi connectivity index (χ1v) is 5.79. The number of amides is 1. The van der Waals surface area contributed by atoms with E-state index in [0.717, 1.165) is 0 Å². The average molecular weight is 270 g/mol. The van der Waals surface area contributed by atoms with Crippen molar-refractivity contribution >= 4 is 11.6 Å². The van der Waals surface area contributed by atoms with Gasteiger partial charge in [-0.05, 0) is 36.4 Å². The van der Waals surface area contributed by atoms with Crippen molar-refractivity contribution < 1.29 is 13.9 Å². The molecule has 2 aromatic carbocycles. The lowest BCUT2D eigenvalue weighted by molar-refractivity contribution is 0.102. The summed E-state index contributed by atoms with van der Waals surface area (Å²) in [5.41, 5.74) is 0.796. The van der Waals surface area contributed by atoms with Crippen molar-refractivity contribution in [2.45, 2.75) is 0 Å². The molecule has 1 amide bonds. The molecule has 5 heteroatoms. The smallest absolute Gasteiger partial charge is 0.262 e. The molecule has 0 aliphatic heterocycles. The molecule has 0 spiro atoms. The van der Waals surface area contributed by atoms with E-state index in [1.165, 1.54) is 25.3 Å². The van der Waals surface area contributed by atoms with Crippen LogP contribution in [0.15, 0.2) is 42.5 Å². The predicted molar refractivity (Wildman–Crippen MR) is 72.1 cm³/mol. The monoisotopic (exact) mass is 270 g/mol. The topological polar surface area (TPSA) is 62.1 Å². The first-order chi connectivity index (χ1) is 9.65. The molecular weight excluding hydrogens is 259 g/mol. The van der Waals surface area contributed by atoms with E-state index in [1.54, 1.807) is 24.3 Å². The Kier molecular flexibility index (Phi) is 3.96. The maximum absolute atomic E-state index is 13.7. The van der Waals surface area contributed by atoms with Crippen LogP contribution in [0.25, 0.3) is 0 Å². The van der Waals surface area contributed by atoms with Gasteiger partial charge in [0.25, 0.3) is 5.91 Å². The SMILES string of the molecule is COc1cccc(F)c1C(=O)Nc1ccc(C#N)cc1. The second kappa shape index (κ2) is 5.85. The number of hydrogen-bond donors (Lipinski definition) is 1. The van der Waals surface area contributed by atoms with Crippen LogP contribution in [0, 0.1) is 17.1 Å². The fourth-order valence-electron chi connectivity index (χ4n) is 1.72. The number of rotatable bonds is 3. The van der Waals surface area contributed by atoms with Crippen LogP contribution in [-0.2, 0) is 0 Å². The molecule has 2 aromatic rings. The number of carbonyl (C=O) groups excluding carboxylic acids is 1. The molecule has 0 atom stereocenters. The summed E-state index contributed by atoms with van der Waals surface area (Å²) in [6.07, 6.45) is 0. The van der Waals surface area contributed by atoms with E-state index in [1.807, 2.05) is 6.07 Å². The number of benzene rings is 2. The summed E-state index contributed by atoms with van der Waals surface area (Å²) in [4.78, 5) is 12.1. The number of halogens is 1. The Morgan fingerprint density at radius 3 is 2.55 bits per heavy atom. The highest BCUT2D eigenvalue weighted by Crippen LogP contribution is 2.22. The van der Waals surface area contributed by atoms with Crippen molar-refractivity contribution in [1.82, 2.24) is 0 Å². The molecular formula is C15H11FN2O2. The molecule has 0 saturated heterocycles. The lowest BCUT2D eigenvalue weighted by Crippen LogP contribution is -2.15. The highest BCUT2D eigenvalue weighted by molar-refractivity contribution is 6.06. The summed E-state index contributed by atoms with van der Waals surface area (Å²) in [6.45, 7) is 0. The van der Waals surface area contributed by atoms with E-state index in [4.69, 9.17) is 10.00 Å². The minimum absolute atomic E-state index is 0.153. The molecule has 2 rings (SSSR count). The molecule has 20 heavy (non-hydrogen) atoms. The molecule has 0 aliphatic carbocycles. The summed E-state index contributed by atoms with van der Waals surface area (Å²) in [7, 11) is 1.37. The molecule has 0 saturated carbocycles.